The number of rotatable bonds is 8. The average molecular weight is 425 g/mol. The van der Waals surface area contributed by atoms with Gasteiger partial charge in [-0.15, -0.1) is 0 Å². The number of hydrogen-bond acceptors (Lipinski definition) is 1. The Morgan fingerprint density at radius 2 is 1.80 bits per heavy atom. The summed E-state index contributed by atoms with van der Waals surface area (Å²) in [6, 6.07) is 0. The first-order chi connectivity index (χ1) is 6.62. The Labute approximate surface area is 131 Å². The van der Waals surface area contributed by atoms with Crippen LogP contribution in [-0.2, 0) is 0 Å². The van der Waals surface area contributed by atoms with E-state index in [1.807, 2.05) is 0 Å². The van der Waals surface area contributed by atoms with Crippen molar-refractivity contribution in [2.45, 2.75) is 59.3 Å². The van der Waals surface area contributed by atoms with Gasteiger partial charge < -0.3 is 5.11 Å². The monoisotopic (exact) mass is 425 g/mol. The van der Waals surface area contributed by atoms with Crippen LogP contribution in [0, 0.1) is 49.5 Å². The quantitative estimate of drug-likeness (QED) is 0.462. The molecule has 0 aromatic heterocycles. The summed E-state index contributed by atoms with van der Waals surface area (Å²) in [4.78, 5) is 0. The molecule has 0 rings (SSSR count). The van der Waals surface area contributed by atoms with E-state index in [2.05, 4.69) is 32.9 Å². The molecule has 0 fully saturated rings. The van der Waals surface area contributed by atoms with Crippen molar-refractivity contribution in [2.75, 3.05) is 6.61 Å². The molecule has 0 unspecified atom stereocenters. The van der Waals surface area contributed by atoms with E-state index >= 15 is 0 Å². The third kappa shape index (κ3) is 13.1. The molecule has 1 nitrogen and oxygen atoms in total. The van der Waals surface area contributed by atoms with E-state index in [-0.39, 0.29) is 44.1 Å². The third-order valence-corrected chi connectivity index (χ3v) is 2.52. The van der Waals surface area contributed by atoms with Gasteiger partial charge >= 0.3 is 0 Å². The molecular weight excluding hydrogens is 399 g/mol. The summed E-state index contributed by atoms with van der Waals surface area (Å²) in [6.07, 6.45) is 11.6. The predicted molar refractivity (Wildman–Crippen MR) is 63.4 cm³/mol. The molecule has 2 heteroatoms. The van der Waals surface area contributed by atoms with Gasteiger partial charge in [0.15, 0.2) is 0 Å². The minimum absolute atomic E-state index is 0. The van der Waals surface area contributed by atoms with Gasteiger partial charge in [-0.1, -0.05) is 45.8 Å². The van der Waals surface area contributed by atoms with Gasteiger partial charge in [-0.2, -0.15) is 0 Å². The fourth-order valence-electron chi connectivity index (χ4n) is 1.49. The molecule has 0 bridgehead atoms. The van der Waals surface area contributed by atoms with E-state index in [1.54, 1.807) is 0 Å². The van der Waals surface area contributed by atoms with E-state index in [0.717, 1.165) is 19.3 Å². The van der Waals surface area contributed by atoms with Gasteiger partial charge in [-0.05, 0) is 31.1 Å². The zero-order valence-corrected chi connectivity index (χ0v) is 15.4. The summed E-state index contributed by atoms with van der Waals surface area (Å²) in [7, 11) is 0. The van der Waals surface area contributed by atoms with Crippen LogP contribution < -0.4 is 0 Å². The standard InChI is InChI=1S/C13H26O.Ac/c1-4-5-10-13(2,3)11-8-6-7-9-12-14;/h8,11,14H,4-7,9-10,12H2,1-3H3;/b11-8+;. The molecular formula is C13H26AcO. The van der Waals surface area contributed by atoms with Crippen LogP contribution in [0.2, 0.25) is 0 Å². The average Bonchev–Trinajstić information content (AvgIpc) is 2.15. The van der Waals surface area contributed by atoms with Crippen molar-refractivity contribution in [2.24, 2.45) is 5.41 Å². The summed E-state index contributed by atoms with van der Waals surface area (Å²) >= 11 is 0. The van der Waals surface area contributed by atoms with Gasteiger partial charge in [0.1, 0.15) is 0 Å². The second-order valence-electron chi connectivity index (χ2n) is 4.71. The molecule has 0 amide bonds. The molecule has 1 N–H and O–H groups in total. The molecule has 0 aliphatic heterocycles. The largest absolute Gasteiger partial charge is 0.396 e. The van der Waals surface area contributed by atoms with E-state index in [1.165, 1.54) is 19.3 Å². The number of unbranched alkanes of at least 4 members (excludes halogenated alkanes) is 3. The number of aliphatic hydroxyl groups is 1. The van der Waals surface area contributed by atoms with Crippen molar-refractivity contribution >= 4 is 0 Å². The van der Waals surface area contributed by atoms with Crippen LogP contribution in [0.4, 0.5) is 0 Å². The molecule has 0 heterocycles. The van der Waals surface area contributed by atoms with Gasteiger partial charge in [0, 0.05) is 50.7 Å². The van der Waals surface area contributed by atoms with Crippen LogP contribution in [0.3, 0.4) is 0 Å². The fraction of sp³-hybridized carbons (Fsp3) is 0.846. The fourth-order valence-corrected chi connectivity index (χ4v) is 1.49. The van der Waals surface area contributed by atoms with Gasteiger partial charge in [-0.3, -0.25) is 0 Å². The summed E-state index contributed by atoms with van der Waals surface area (Å²) < 4.78 is 0. The van der Waals surface area contributed by atoms with Crippen molar-refractivity contribution in [3.63, 3.8) is 0 Å². The summed E-state index contributed by atoms with van der Waals surface area (Å²) in [5.41, 5.74) is 0.356. The minimum Gasteiger partial charge on any atom is -0.396 e. The van der Waals surface area contributed by atoms with Crippen LogP contribution in [-0.4, -0.2) is 11.7 Å². The van der Waals surface area contributed by atoms with Crippen LogP contribution in [0.15, 0.2) is 12.2 Å². The van der Waals surface area contributed by atoms with Crippen molar-refractivity contribution in [1.82, 2.24) is 0 Å². The Hall–Kier alpha value is 1.14. The number of hydrogen-bond donors (Lipinski definition) is 1. The Morgan fingerprint density at radius 1 is 1.13 bits per heavy atom. The zero-order valence-electron chi connectivity index (χ0n) is 10.6. The first-order valence-electron chi connectivity index (χ1n) is 5.91. The molecule has 0 aliphatic rings. The molecule has 0 saturated carbocycles. The predicted octanol–water partition coefficient (Wildman–Crippen LogP) is 3.92. The minimum atomic E-state index is 0. The summed E-state index contributed by atoms with van der Waals surface area (Å²) in [5, 5.41) is 8.62. The second kappa shape index (κ2) is 11.6. The summed E-state index contributed by atoms with van der Waals surface area (Å²) in [6.45, 7) is 7.16. The topological polar surface area (TPSA) is 20.2 Å². The molecule has 0 aliphatic carbocycles. The smallest absolute Gasteiger partial charge is 0.0431 e. The first kappa shape index (κ1) is 18.5. The molecule has 0 aromatic rings. The Morgan fingerprint density at radius 3 is 2.33 bits per heavy atom. The van der Waals surface area contributed by atoms with Crippen LogP contribution in [0.25, 0.3) is 0 Å². The third-order valence-electron chi connectivity index (χ3n) is 2.52. The number of allylic oxidation sites excluding steroid dienone is 2. The van der Waals surface area contributed by atoms with Crippen molar-refractivity contribution in [3.8, 4) is 0 Å². The van der Waals surface area contributed by atoms with E-state index < -0.39 is 0 Å². The van der Waals surface area contributed by atoms with Crippen molar-refractivity contribution < 1.29 is 49.2 Å². The van der Waals surface area contributed by atoms with Crippen LogP contribution in [0.5, 0.6) is 0 Å². The number of aliphatic hydroxyl groups excluding tert-OH is 1. The van der Waals surface area contributed by atoms with E-state index in [4.69, 9.17) is 5.11 Å². The maximum Gasteiger partial charge on any atom is 0.0431 e. The van der Waals surface area contributed by atoms with Gasteiger partial charge in [0.05, 0.1) is 0 Å². The Bertz CT molecular complexity index is 153. The maximum absolute atomic E-state index is 8.62. The Balaban J connectivity index is 0. The molecule has 0 aromatic carbocycles. The zero-order chi connectivity index (χ0) is 10.9. The van der Waals surface area contributed by atoms with Crippen LogP contribution >= 0.6 is 0 Å². The SMILES string of the molecule is CCCCC(C)(C)/C=C/CCCCO.[Ac]. The molecule has 87 valence electrons. The van der Waals surface area contributed by atoms with Crippen molar-refractivity contribution in [1.29, 1.82) is 0 Å². The van der Waals surface area contributed by atoms with Crippen LogP contribution in [0.1, 0.15) is 59.3 Å². The van der Waals surface area contributed by atoms with Gasteiger partial charge in [0.2, 0.25) is 0 Å². The van der Waals surface area contributed by atoms with Gasteiger partial charge in [0.25, 0.3) is 0 Å². The molecule has 0 saturated heterocycles. The van der Waals surface area contributed by atoms with Gasteiger partial charge in [-0.25, -0.2) is 0 Å². The molecule has 15 heavy (non-hydrogen) atoms. The Kier molecular flexibility index (Phi) is 14.3. The second-order valence-corrected chi connectivity index (χ2v) is 4.71. The van der Waals surface area contributed by atoms with Crippen molar-refractivity contribution in [3.05, 3.63) is 12.2 Å². The molecule has 1 radical (unpaired) electrons. The maximum atomic E-state index is 8.62. The first-order valence-corrected chi connectivity index (χ1v) is 5.91. The van der Waals surface area contributed by atoms with E-state index in [0.29, 0.717) is 12.0 Å². The summed E-state index contributed by atoms with van der Waals surface area (Å²) in [5.74, 6) is 0. The molecule has 0 atom stereocenters. The normalized spacial score (nSPS) is 11.7. The van der Waals surface area contributed by atoms with E-state index in [9.17, 15) is 0 Å². The molecule has 0 spiro atoms.